The number of Topliss-reactive ketones (excluding diaryl/α,β-unsaturated/α-hetero) is 1. The van der Waals surface area contributed by atoms with Crippen LogP contribution in [0.1, 0.15) is 82.0 Å². The number of benzene rings is 3. The lowest BCUT2D eigenvalue weighted by molar-refractivity contribution is 0.0936. The monoisotopic (exact) mass is 565 g/mol. The van der Waals surface area contributed by atoms with Crippen molar-refractivity contribution in [3.8, 4) is 5.75 Å². The zero-order chi connectivity index (χ0) is 28.0. The molecule has 1 aromatic heterocycles. The SMILES string of the molecule is O=C(NC1CCCC1)c1ccc(SCc2c(OC(Cn3ccnc3)c3ccccc3)ccc3c2CCCC3=O)cc1. The van der Waals surface area contributed by atoms with Crippen LogP contribution in [-0.2, 0) is 18.7 Å². The minimum Gasteiger partial charge on any atom is -0.484 e. The molecule has 0 saturated heterocycles. The van der Waals surface area contributed by atoms with Gasteiger partial charge in [0.25, 0.3) is 5.91 Å². The van der Waals surface area contributed by atoms with Crippen LogP contribution in [0.25, 0.3) is 0 Å². The van der Waals surface area contributed by atoms with Crippen LogP contribution < -0.4 is 10.1 Å². The van der Waals surface area contributed by atoms with Gasteiger partial charge in [-0.05, 0) is 73.2 Å². The van der Waals surface area contributed by atoms with Crippen LogP contribution in [0.3, 0.4) is 0 Å². The molecule has 1 unspecified atom stereocenters. The Balaban J connectivity index is 1.24. The number of thioether (sulfide) groups is 1. The Morgan fingerprint density at radius 1 is 1.00 bits per heavy atom. The molecule has 2 aliphatic carbocycles. The van der Waals surface area contributed by atoms with Crippen molar-refractivity contribution in [2.75, 3.05) is 0 Å². The number of rotatable bonds is 10. The Bertz CT molecular complexity index is 1480. The maximum absolute atomic E-state index is 12.8. The van der Waals surface area contributed by atoms with Crippen LogP contribution in [0, 0.1) is 0 Å². The molecule has 2 aliphatic rings. The molecule has 1 heterocycles. The molecule has 6 rings (SSSR count). The molecule has 210 valence electrons. The number of nitrogens with zero attached hydrogens (tertiary/aromatic N) is 2. The Hall–Kier alpha value is -3.84. The summed E-state index contributed by atoms with van der Waals surface area (Å²) < 4.78 is 8.81. The highest BCUT2D eigenvalue weighted by atomic mass is 32.2. The van der Waals surface area contributed by atoms with Gasteiger partial charge in [-0.1, -0.05) is 43.2 Å². The second kappa shape index (κ2) is 12.8. The van der Waals surface area contributed by atoms with Crippen LogP contribution >= 0.6 is 11.8 Å². The summed E-state index contributed by atoms with van der Waals surface area (Å²) in [6, 6.07) is 22.3. The number of carbonyl (C=O) groups excluding carboxylic acids is 2. The van der Waals surface area contributed by atoms with Gasteiger partial charge in [-0.15, -0.1) is 11.8 Å². The zero-order valence-corrected chi connectivity index (χ0v) is 23.9. The van der Waals surface area contributed by atoms with Gasteiger partial charge in [-0.25, -0.2) is 4.98 Å². The van der Waals surface area contributed by atoms with E-state index in [2.05, 4.69) is 22.4 Å². The highest BCUT2D eigenvalue weighted by Gasteiger charge is 2.25. The summed E-state index contributed by atoms with van der Waals surface area (Å²) >= 11 is 1.71. The van der Waals surface area contributed by atoms with Gasteiger partial charge >= 0.3 is 0 Å². The molecule has 41 heavy (non-hydrogen) atoms. The Kier molecular flexibility index (Phi) is 8.52. The smallest absolute Gasteiger partial charge is 0.251 e. The first-order valence-corrected chi connectivity index (χ1v) is 15.5. The van der Waals surface area contributed by atoms with E-state index in [0.717, 1.165) is 58.6 Å². The number of amides is 1. The molecule has 7 heteroatoms. The van der Waals surface area contributed by atoms with E-state index < -0.39 is 0 Å². The first kappa shape index (κ1) is 27.3. The molecular weight excluding hydrogens is 530 g/mol. The lowest BCUT2D eigenvalue weighted by Crippen LogP contribution is -2.32. The van der Waals surface area contributed by atoms with Crippen molar-refractivity contribution in [1.29, 1.82) is 0 Å². The van der Waals surface area contributed by atoms with E-state index in [-0.39, 0.29) is 17.8 Å². The van der Waals surface area contributed by atoms with Gasteiger partial charge in [0.1, 0.15) is 11.9 Å². The van der Waals surface area contributed by atoms with Gasteiger partial charge in [0, 0.05) is 52.2 Å². The normalized spacial score (nSPS) is 15.9. The van der Waals surface area contributed by atoms with E-state index >= 15 is 0 Å². The van der Waals surface area contributed by atoms with Crippen molar-refractivity contribution < 1.29 is 14.3 Å². The number of aromatic nitrogens is 2. The largest absolute Gasteiger partial charge is 0.484 e. The molecule has 1 N–H and O–H groups in total. The Morgan fingerprint density at radius 3 is 2.56 bits per heavy atom. The van der Waals surface area contributed by atoms with E-state index in [0.29, 0.717) is 30.3 Å². The number of hydrogen-bond donors (Lipinski definition) is 1. The summed E-state index contributed by atoms with van der Waals surface area (Å²) in [5.74, 6) is 1.70. The second-order valence-corrected chi connectivity index (χ2v) is 11.9. The fourth-order valence-corrected chi connectivity index (χ4v) is 6.82. The molecule has 0 bridgehead atoms. The highest BCUT2D eigenvalue weighted by Crippen LogP contribution is 2.38. The average molecular weight is 566 g/mol. The van der Waals surface area contributed by atoms with Crippen LogP contribution in [0.2, 0.25) is 0 Å². The van der Waals surface area contributed by atoms with Gasteiger partial charge < -0.3 is 14.6 Å². The van der Waals surface area contributed by atoms with Crippen molar-refractivity contribution in [1.82, 2.24) is 14.9 Å². The molecule has 0 spiro atoms. The molecule has 4 aromatic rings. The molecule has 1 amide bonds. The summed E-state index contributed by atoms with van der Waals surface area (Å²) in [7, 11) is 0. The third kappa shape index (κ3) is 6.57. The first-order chi connectivity index (χ1) is 20.1. The van der Waals surface area contributed by atoms with Gasteiger partial charge in [-0.2, -0.15) is 0 Å². The van der Waals surface area contributed by atoms with Gasteiger partial charge in [0.05, 0.1) is 12.9 Å². The second-order valence-electron chi connectivity index (χ2n) is 10.9. The van der Waals surface area contributed by atoms with E-state index in [1.807, 2.05) is 65.4 Å². The van der Waals surface area contributed by atoms with Gasteiger partial charge in [-0.3, -0.25) is 9.59 Å². The van der Waals surface area contributed by atoms with E-state index in [1.165, 1.54) is 12.8 Å². The summed E-state index contributed by atoms with van der Waals surface area (Å²) in [6.45, 7) is 0.622. The summed E-state index contributed by atoms with van der Waals surface area (Å²) in [5, 5.41) is 3.17. The maximum atomic E-state index is 12.8. The van der Waals surface area contributed by atoms with Crippen molar-refractivity contribution in [3.63, 3.8) is 0 Å². The molecule has 6 nitrogen and oxygen atoms in total. The Labute approximate surface area is 245 Å². The predicted molar refractivity (Wildman–Crippen MR) is 161 cm³/mol. The zero-order valence-electron chi connectivity index (χ0n) is 23.1. The molecular formula is C34H35N3O3S. The van der Waals surface area contributed by atoms with Crippen molar-refractivity contribution in [2.45, 2.75) is 74.3 Å². The number of imidazole rings is 1. The minimum absolute atomic E-state index is 0.00428. The van der Waals surface area contributed by atoms with E-state index in [1.54, 1.807) is 24.3 Å². The minimum atomic E-state index is -0.218. The van der Waals surface area contributed by atoms with Crippen molar-refractivity contribution >= 4 is 23.5 Å². The quantitative estimate of drug-likeness (QED) is 0.206. The molecule has 0 aliphatic heterocycles. The third-order valence-corrected chi connectivity index (χ3v) is 9.12. The van der Waals surface area contributed by atoms with Crippen molar-refractivity contribution in [2.24, 2.45) is 0 Å². The third-order valence-electron chi connectivity index (χ3n) is 8.09. The molecule has 1 atom stereocenters. The predicted octanol–water partition coefficient (Wildman–Crippen LogP) is 7.19. The van der Waals surface area contributed by atoms with Crippen molar-refractivity contribution in [3.05, 3.63) is 113 Å². The topological polar surface area (TPSA) is 73.2 Å². The fraction of sp³-hybridized carbons (Fsp3) is 0.324. The van der Waals surface area contributed by atoms with Crippen LogP contribution in [0.4, 0.5) is 0 Å². The number of fused-ring (bicyclic) bond motifs is 1. The molecule has 1 fully saturated rings. The van der Waals surface area contributed by atoms with E-state index in [9.17, 15) is 9.59 Å². The van der Waals surface area contributed by atoms with Crippen LogP contribution in [0.5, 0.6) is 5.75 Å². The number of hydrogen-bond acceptors (Lipinski definition) is 5. The standard InChI is InChI=1S/C34H35N3O3S/c38-31-12-6-11-28-29(31)17-18-32(40-33(21-37-20-19-35-23-37)24-7-2-1-3-8-24)30(28)22-41-27-15-13-25(14-16-27)34(39)36-26-9-4-5-10-26/h1-3,7-8,13-20,23,26,33H,4-6,9-12,21-22H2,(H,36,39). The number of ether oxygens (including phenoxy) is 1. The van der Waals surface area contributed by atoms with E-state index in [4.69, 9.17) is 4.74 Å². The number of carbonyl (C=O) groups is 2. The number of ketones is 1. The molecule has 3 aromatic carbocycles. The summed E-state index contributed by atoms with van der Waals surface area (Å²) in [6.07, 6.45) is 12.1. The van der Waals surface area contributed by atoms with Gasteiger partial charge in [0.2, 0.25) is 0 Å². The highest BCUT2D eigenvalue weighted by molar-refractivity contribution is 7.98. The molecule has 1 saturated carbocycles. The maximum Gasteiger partial charge on any atom is 0.251 e. The summed E-state index contributed by atoms with van der Waals surface area (Å²) in [4.78, 5) is 30.8. The average Bonchev–Trinajstić information content (AvgIpc) is 3.72. The van der Waals surface area contributed by atoms with Crippen LogP contribution in [-0.4, -0.2) is 27.3 Å². The summed E-state index contributed by atoms with van der Waals surface area (Å²) in [5.41, 5.74) is 4.78. The Morgan fingerprint density at radius 2 is 1.80 bits per heavy atom. The number of nitrogens with one attached hydrogen (secondary N) is 1. The first-order valence-electron chi connectivity index (χ1n) is 14.5. The van der Waals surface area contributed by atoms with Gasteiger partial charge in [0.15, 0.2) is 5.78 Å². The fourth-order valence-electron chi connectivity index (χ4n) is 5.86. The lowest BCUT2D eigenvalue weighted by Gasteiger charge is -2.25. The molecule has 0 radical (unpaired) electrons. The van der Waals surface area contributed by atoms with Crippen LogP contribution in [0.15, 0.2) is 90.3 Å². The lowest BCUT2D eigenvalue weighted by atomic mass is 9.87.